The summed E-state index contributed by atoms with van der Waals surface area (Å²) in [4.78, 5) is 23.1. The SMILES string of the molecule is CC(C)C(=O)C(C)C(=O)C1CC1C. The van der Waals surface area contributed by atoms with E-state index < -0.39 is 0 Å². The van der Waals surface area contributed by atoms with Crippen molar-refractivity contribution >= 4 is 11.6 Å². The van der Waals surface area contributed by atoms with Gasteiger partial charge in [-0.3, -0.25) is 9.59 Å². The molecule has 0 N–H and O–H groups in total. The lowest BCUT2D eigenvalue weighted by Crippen LogP contribution is -2.26. The Hall–Kier alpha value is -0.660. The summed E-state index contributed by atoms with van der Waals surface area (Å²) in [5, 5.41) is 0. The summed E-state index contributed by atoms with van der Waals surface area (Å²) in [5.74, 6) is 0.533. The minimum absolute atomic E-state index is 0.0204. The second-order valence-electron chi connectivity index (χ2n) is 4.50. The highest BCUT2D eigenvalue weighted by molar-refractivity contribution is 6.04. The van der Waals surface area contributed by atoms with Crippen LogP contribution in [0.3, 0.4) is 0 Å². The molecule has 3 atom stereocenters. The molecular formula is C11H18O2. The zero-order valence-electron chi connectivity index (χ0n) is 8.83. The summed E-state index contributed by atoms with van der Waals surface area (Å²) >= 11 is 0. The Bertz CT molecular complexity index is 230. The number of hydrogen-bond acceptors (Lipinski definition) is 2. The molecule has 0 aromatic heterocycles. The van der Waals surface area contributed by atoms with Gasteiger partial charge >= 0.3 is 0 Å². The molecule has 0 bridgehead atoms. The van der Waals surface area contributed by atoms with Gasteiger partial charge in [0.25, 0.3) is 0 Å². The number of rotatable bonds is 4. The van der Waals surface area contributed by atoms with Crippen molar-refractivity contribution in [1.29, 1.82) is 0 Å². The quantitative estimate of drug-likeness (QED) is 0.624. The number of Topliss-reactive ketones (excluding diaryl/α,β-unsaturated/α-hetero) is 2. The van der Waals surface area contributed by atoms with Crippen LogP contribution in [0.2, 0.25) is 0 Å². The second-order valence-corrected chi connectivity index (χ2v) is 4.50. The van der Waals surface area contributed by atoms with Crippen LogP contribution in [0.4, 0.5) is 0 Å². The summed E-state index contributed by atoms with van der Waals surface area (Å²) in [6.45, 7) is 7.51. The predicted molar refractivity (Wildman–Crippen MR) is 51.3 cm³/mol. The van der Waals surface area contributed by atoms with Crippen LogP contribution in [0.5, 0.6) is 0 Å². The molecule has 0 amide bonds. The van der Waals surface area contributed by atoms with E-state index in [0.717, 1.165) is 6.42 Å². The van der Waals surface area contributed by atoms with Gasteiger partial charge in [0.15, 0.2) is 0 Å². The van der Waals surface area contributed by atoms with Crippen LogP contribution in [-0.2, 0) is 9.59 Å². The van der Waals surface area contributed by atoms with E-state index in [1.54, 1.807) is 6.92 Å². The van der Waals surface area contributed by atoms with Crippen molar-refractivity contribution in [1.82, 2.24) is 0 Å². The lowest BCUT2D eigenvalue weighted by molar-refractivity contribution is -0.134. The maximum Gasteiger partial charge on any atom is 0.146 e. The topological polar surface area (TPSA) is 34.1 Å². The average Bonchev–Trinajstić information content (AvgIpc) is 2.78. The third kappa shape index (κ3) is 2.17. The van der Waals surface area contributed by atoms with Gasteiger partial charge in [-0.15, -0.1) is 0 Å². The highest BCUT2D eigenvalue weighted by Crippen LogP contribution is 2.40. The van der Waals surface area contributed by atoms with Gasteiger partial charge < -0.3 is 0 Å². The summed E-state index contributed by atoms with van der Waals surface area (Å²) in [6, 6.07) is 0. The predicted octanol–water partition coefficient (Wildman–Crippen LogP) is 2.07. The van der Waals surface area contributed by atoms with E-state index in [9.17, 15) is 9.59 Å². The van der Waals surface area contributed by atoms with Crippen molar-refractivity contribution in [2.24, 2.45) is 23.7 Å². The molecule has 0 saturated heterocycles. The monoisotopic (exact) mass is 182 g/mol. The molecule has 0 spiro atoms. The van der Waals surface area contributed by atoms with Crippen LogP contribution >= 0.6 is 0 Å². The number of carbonyl (C=O) groups excluding carboxylic acids is 2. The van der Waals surface area contributed by atoms with Gasteiger partial charge in [-0.05, 0) is 19.3 Å². The Labute approximate surface area is 79.7 Å². The minimum atomic E-state index is -0.380. The van der Waals surface area contributed by atoms with E-state index in [-0.39, 0.29) is 29.3 Å². The first-order valence-corrected chi connectivity index (χ1v) is 5.02. The largest absolute Gasteiger partial charge is 0.299 e. The Morgan fingerprint density at radius 3 is 2.00 bits per heavy atom. The normalized spacial score (nSPS) is 28.7. The molecule has 0 aromatic rings. The zero-order valence-corrected chi connectivity index (χ0v) is 8.83. The maximum absolute atomic E-state index is 11.6. The van der Waals surface area contributed by atoms with Crippen molar-refractivity contribution in [3.8, 4) is 0 Å². The third-order valence-corrected chi connectivity index (χ3v) is 2.90. The Kier molecular flexibility index (Phi) is 2.89. The molecule has 3 unspecified atom stereocenters. The summed E-state index contributed by atoms with van der Waals surface area (Å²) < 4.78 is 0. The molecule has 0 aliphatic heterocycles. The number of ketones is 2. The lowest BCUT2D eigenvalue weighted by Gasteiger charge is -2.11. The summed E-state index contributed by atoms with van der Waals surface area (Å²) in [6.07, 6.45) is 0.981. The molecule has 1 rings (SSSR count). The van der Waals surface area contributed by atoms with Gasteiger partial charge in [0.2, 0.25) is 0 Å². The van der Waals surface area contributed by atoms with Crippen molar-refractivity contribution in [2.45, 2.75) is 34.1 Å². The van der Waals surface area contributed by atoms with Crippen LogP contribution in [0, 0.1) is 23.7 Å². The van der Waals surface area contributed by atoms with E-state index >= 15 is 0 Å². The fraction of sp³-hybridized carbons (Fsp3) is 0.818. The molecule has 0 radical (unpaired) electrons. The number of carbonyl (C=O) groups is 2. The fourth-order valence-corrected chi connectivity index (χ4v) is 1.68. The smallest absolute Gasteiger partial charge is 0.146 e. The molecule has 1 fully saturated rings. The van der Waals surface area contributed by atoms with Crippen LogP contribution in [0.1, 0.15) is 34.1 Å². The summed E-state index contributed by atoms with van der Waals surface area (Å²) in [7, 11) is 0. The van der Waals surface area contributed by atoms with Crippen molar-refractivity contribution < 1.29 is 9.59 Å². The Morgan fingerprint density at radius 1 is 1.23 bits per heavy atom. The van der Waals surface area contributed by atoms with Gasteiger partial charge in [-0.25, -0.2) is 0 Å². The van der Waals surface area contributed by atoms with Crippen LogP contribution in [0.25, 0.3) is 0 Å². The lowest BCUT2D eigenvalue weighted by atomic mass is 9.91. The summed E-state index contributed by atoms with van der Waals surface area (Å²) in [5.41, 5.74) is 0. The Balaban J connectivity index is 2.52. The molecule has 0 heterocycles. The first-order valence-electron chi connectivity index (χ1n) is 5.02. The standard InChI is InChI=1S/C11H18O2/c1-6(2)10(12)8(4)11(13)9-5-7(9)3/h6-9H,5H2,1-4H3. The molecule has 74 valence electrons. The minimum Gasteiger partial charge on any atom is -0.299 e. The highest BCUT2D eigenvalue weighted by atomic mass is 16.2. The van der Waals surface area contributed by atoms with Crippen molar-refractivity contribution in [3.63, 3.8) is 0 Å². The van der Waals surface area contributed by atoms with Crippen LogP contribution in [-0.4, -0.2) is 11.6 Å². The molecule has 2 heteroatoms. The van der Waals surface area contributed by atoms with Gasteiger partial charge in [0.1, 0.15) is 11.6 Å². The first kappa shape index (κ1) is 10.4. The van der Waals surface area contributed by atoms with E-state index in [0.29, 0.717) is 5.92 Å². The Morgan fingerprint density at radius 2 is 1.69 bits per heavy atom. The van der Waals surface area contributed by atoms with E-state index in [4.69, 9.17) is 0 Å². The fourth-order valence-electron chi connectivity index (χ4n) is 1.68. The third-order valence-electron chi connectivity index (χ3n) is 2.90. The van der Waals surface area contributed by atoms with Gasteiger partial charge in [0.05, 0.1) is 5.92 Å². The molecule has 2 nitrogen and oxygen atoms in total. The van der Waals surface area contributed by atoms with E-state index in [1.165, 1.54) is 0 Å². The highest BCUT2D eigenvalue weighted by Gasteiger charge is 2.42. The molecule has 13 heavy (non-hydrogen) atoms. The maximum atomic E-state index is 11.6. The van der Waals surface area contributed by atoms with Gasteiger partial charge in [-0.1, -0.05) is 20.8 Å². The average molecular weight is 182 g/mol. The molecule has 0 aromatic carbocycles. The van der Waals surface area contributed by atoms with Crippen LogP contribution in [0.15, 0.2) is 0 Å². The zero-order chi connectivity index (χ0) is 10.2. The van der Waals surface area contributed by atoms with E-state index in [2.05, 4.69) is 6.92 Å². The molecule has 1 saturated carbocycles. The molecule has 1 aliphatic rings. The van der Waals surface area contributed by atoms with Crippen LogP contribution < -0.4 is 0 Å². The molecular weight excluding hydrogens is 164 g/mol. The van der Waals surface area contributed by atoms with Crippen molar-refractivity contribution in [3.05, 3.63) is 0 Å². The first-order chi connectivity index (χ1) is 5.95. The number of hydrogen-bond donors (Lipinski definition) is 0. The van der Waals surface area contributed by atoms with Gasteiger partial charge in [0, 0.05) is 11.8 Å². The van der Waals surface area contributed by atoms with Gasteiger partial charge in [-0.2, -0.15) is 0 Å². The van der Waals surface area contributed by atoms with Crippen molar-refractivity contribution in [2.75, 3.05) is 0 Å². The molecule has 1 aliphatic carbocycles. The second kappa shape index (κ2) is 3.60. The van der Waals surface area contributed by atoms with E-state index in [1.807, 2.05) is 13.8 Å².